The van der Waals surface area contributed by atoms with E-state index in [4.69, 9.17) is 14.9 Å². The summed E-state index contributed by atoms with van der Waals surface area (Å²) < 4.78 is 19.8. The van der Waals surface area contributed by atoms with Crippen molar-refractivity contribution < 1.29 is 28.9 Å². The number of anilines is 1. The molecule has 3 N–H and O–H groups in total. The number of benzene rings is 2. The summed E-state index contributed by atoms with van der Waals surface area (Å²) in [4.78, 5) is 26.2. The molecule has 7 nitrogen and oxygen atoms in total. The Bertz CT molecular complexity index is 1220. The van der Waals surface area contributed by atoms with Crippen molar-refractivity contribution in [3.63, 3.8) is 0 Å². The molecular weight excluding hydrogens is 439 g/mol. The molecule has 0 spiro atoms. The molecule has 2 atom stereocenters. The fourth-order valence-electron chi connectivity index (χ4n) is 4.19. The van der Waals surface area contributed by atoms with Crippen molar-refractivity contribution in [1.82, 2.24) is 4.98 Å². The van der Waals surface area contributed by atoms with Crippen molar-refractivity contribution in [3.8, 4) is 16.9 Å². The Balaban J connectivity index is 1.47. The summed E-state index contributed by atoms with van der Waals surface area (Å²) in [6.45, 7) is 3.64. The van der Waals surface area contributed by atoms with Crippen LogP contribution in [0.25, 0.3) is 11.1 Å². The van der Waals surface area contributed by atoms with Crippen LogP contribution in [-0.2, 0) is 16.1 Å². The summed E-state index contributed by atoms with van der Waals surface area (Å²) in [5.41, 5.74) is 5.53. The van der Waals surface area contributed by atoms with Crippen molar-refractivity contribution in [2.45, 2.75) is 32.7 Å². The lowest BCUT2D eigenvalue weighted by atomic mass is 9.94. The van der Waals surface area contributed by atoms with Gasteiger partial charge in [0.1, 0.15) is 11.6 Å². The number of carboxylic acids is 2. The van der Waals surface area contributed by atoms with Gasteiger partial charge in [-0.1, -0.05) is 6.07 Å². The minimum Gasteiger partial charge on any atom is -0.482 e. The van der Waals surface area contributed by atoms with E-state index in [0.29, 0.717) is 23.4 Å². The van der Waals surface area contributed by atoms with Gasteiger partial charge in [-0.2, -0.15) is 0 Å². The topological polar surface area (TPSA) is 109 Å². The maximum absolute atomic E-state index is 14.5. The predicted octanol–water partition coefficient (Wildman–Crippen LogP) is 4.77. The largest absolute Gasteiger partial charge is 0.482 e. The lowest BCUT2D eigenvalue weighted by Crippen LogP contribution is -2.09. The van der Waals surface area contributed by atoms with Gasteiger partial charge in [0.25, 0.3) is 0 Å². The van der Waals surface area contributed by atoms with Gasteiger partial charge < -0.3 is 20.3 Å². The molecule has 0 saturated heterocycles. The van der Waals surface area contributed by atoms with Crippen LogP contribution < -0.4 is 10.1 Å². The first kappa shape index (κ1) is 23.2. The third kappa shape index (κ3) is 5.17. The van der Waals surface area contributed by atoms with Gasteiger partial charge >= 0.3 is 11.9 Å². The predicted molar refractivity (Wildman–Crippen MR) is 124 cm³/mol. The molecule has 2 aromatic carbocycles. The number of aromatic nitrogens is 1. The first-order chi connectivity index (χ1) is 16.2. The molecule has 0 bridgehead atoms. The Morgan fingerprint density at radius 2 is 1.85 bits per heavy atom. The van der Waals surface area contributed by atoms with Crippen LogP contribution in [0.1, 0.15) is 34.7 Å². The number of pyridine rings is 1. The van der Waals surface area contributed by atoms with E-state index in [9.17, 15) is 14.0 Å². The number of aryl methyl sites for hydroxylation is 2. The number of aliphatic carboxylic acids is 2. The summed E-state index contributed by atoms with van der Waals surface area (Å²) in [5, 5.41) is 21.1. The van der Waals surface area contributed by atoms with Crippen molar-refractivity contribution in [1.29, 1.82) is 0 Å². The molecule has 176 valence electrons. The second-order valence-electron chi connectivity index (χ2n) is 8.53. The van der Waals surface area contributed by atoms with Crippen molar-refractivity contribution >= 4 is 17.6 Å². The summed E-state index contributed by atoms with van der Waals surface area (Å²) in [5.74, 6) is -2.09. The van der Waals surface area contributed by atoms with Crippen LogP contribution in [0.2, 0.25) is 0 Å². The number of hydrogen-bond donors (Lipinski definition) is 3. The Morgan fingerprint density at radius 3 is 2.44 bits per heavy atom. The van der Waals surface area contributed by atoms with Crippen molar-refractivity contribution in [2.24, 2.45) is 5.92 Å². The number of hydrogen-bond acceptors (Lipinski definition) is 5. The number of carbonyl (C=O) groups is 2. The van der Waals surface area contributed by atoms with Crippen LogP contribution in [0.3, 0.4) is 0 Å². The second-order valence-corrected chi connectivity index (χ2v) is 8.53. The lowest BCUT2D eigenvalue weighted by molar-refractivity contribution is -0.140. The quantitative estimate of drug-likeness (QED) is 0.419. The maximum atomic E-state index is 14.5. The van der Waals surface area contributed by atoms with E-state index in [1.165, 1.54) is 6.07 Å². The van der Waals surface area contributed by atoms with Crippen LogP contribution in [0, 0.1) is 25.6 Å². The highest BCUT2D eigenvalue weighted by molar-refractivity contribution is 5.75. The van der Waals surface area contributed by atoms with Crippen molar-refractivity contribution in [3.05, 3.63) is 76.9 Å². The van der Waals surface area contributed by atoms with E-state index in [1.807, 2.05) is 26.0 Å². The third-order valence-electron chi connectivity index (χ3n) is 5.96. The Hall–Kier alpha value is -3.94. The zero-order valence-corrected chi connectivity index (χ0v) is 18.8. The number of nitrogens with one attached hydrogen (secondary N) is 1. The number of rotatable bonds is 9. The highest BCUT2D eigenvalue weighted by Crippen LogP contribution is 2.46. The van der Waals surface area contributed by atoms with Gasteiger partial charge in [0.05, 0.1) is 17.8 Å². The number of carboxylic acid groups (broad SMARTS) is 2. The summed E-state index contributed by atoms with van der Waals surface area (Å²) in [6.07, 6.45) is 2.25. The number of nitrogens with zero attached hydrogens (tertiary/aromatic N) is 1. The minimum atomic E-state index is -1.04. The molecule has 1 aliphatic rings. The van der Waals surface area contributed by atoms with Crippen LogP contribution in [0.4, 0.5) is 10.1 Å². The van der Waals surface area contributed by atoms with Crippen LogP contribution in [0.5, 0.6) is 5.75 Å². The van der Waals surface area contributed by atoms with E-state index < -0.39 is 18.5 Å². The molecule has 1 aromatic heterocycles. The van der Waals surface area contributed by atoms with E-state index >= 15 is 0 Å². The number of halogens is 1. The van der Waals surface area contributed by atoms with Gasteiger partial charge in [-0.3, -0.25) is 9.78 Å². The molecule has 0 aliphatic heterocycles. The molecule has 0 unspecified atom stereocenters. The first-order valence-electron chi connectivity index (χ1n) is 10.9. The highest BCUT2D eigenvalue weighted by atomic mass is 19.1. The van der Waals surface area contributed by atoms with Crippen molar-refractivity contribution in [2.75, 3.05) is 11.9 Å². The molecule has 1 fully saturated rings. The van der Waals surface area contributed by atoms with E-state index in [0.717, 1.165) is 27.9 Å². The fourth-order valence-corrected chi connectivity index (χ4v) is 4.19. The molecule has 8 heteroatoms. The summed E-state index contributed by atoms with van der Waals surface area (Å²) >= 11 is 0. The molecule has 4 rings (SSSR count). The molecular formula is C26H25FN2O5. The molecule has 0 amide bonds. The first-order valence-corrected chi connectivity index (χ1v) is 10.9. The number of ether oxygens (including phenoxy) is 1. The van der Waals surface area contributed by atoms with Crippen LogP contribution in [-0.4, -0.2) is 33.7 Å². The minimum absolute atomic E-state index is 0.0342. The molecule has 1 saturated carbocycles. The maximum Gasteiger partial charge on any atom is 0.341 e. The second kappa shape index (κ2) is 9.51. The zero-order chi connectivity index (χ0) is 24.4. The normalized spacial score (nSPS) is 16.7. The van der Waals surface area contributed by atoms with E-state index in [1.54, 1.807) is 30.5 Å². The average Bonchev–Trinajstić information content (AvgIpc) is 3.59. The van der Waals surface area contributed by atoms with Gasteiger partial charge in [0.2, 0.25) is 0 Å². The smallest absolute Gasteiger partial charge is 0.341 e. The van der Waals surface area contributed by atoms with E-state index in [-0.39, 0.29) is 24.2 Å². The molecule has 34 heavy (non-hydrogen) atoms. The van der Waals surface area contributed by atoms with Gasteiger partial charge in [0.15, 0.2) is 6.61 Å². The summed E-state index contributed by atoms with van der Waals surface area (Å²) in [7, 11) is 0. The summed E-state index contributed by atoms with van der Waals surface area (Å²) in [6, 6.07) is 12.1. The van der Waals surface area contributed by atoms with Gasteiger partial charge in [-0.05, 0) is 78.9 Å². The lowest BCUT2D eigenvalue weighted by Gasteiger charge is -2.15. The average molecular weight is 464 g/mol. The fraction of sp³-hybridized carbons (Fsp3) is 0.269. The Labute approximate surface area is 196 Å². The molecule has 0 radical (unpaired) electrons. The van der Waals surface area contributed by atoms with Crippen LogP contribution in [0.15, 0.2) is 48.7 Å². The zero-order valence-electron chi connectivity index (χ0n) is 18.8. The van der Waals surface area contributed by atoms with E-state index in [2.05, 4.69) is 10.3 Å². The Morgan fingerprint density at radius 1 is 1.12 bits per heavy atom. The third-order valence-corrected chi connectivity index (χ3v) is 5.96. The van der Waals surface area contributed by atoms with Gasteiger partial charge in [-0.15, -0.1) is 0 Å². The van der Waals surface area contributed by atoms with Gasteiger partial charge in [-0.25, -0.2) is 9.18 Å². The monoisotopic (exact) mass is 464 g/mol. The molecule has 1 heterocycles. The molecule has 1 aliphatic carbocycles. The molecule has 3 aromatic rings. The standard InChI is InChI=1S/C26H25FN2O5/c1-14-7-19(34-13-24(30)31)8-15(2)25(14)16-3-5-22(27)17(9-16)11-28-18-4-6-23(29-12-18)20-10-21(20)26(32)33/h3-9,12,20-21,28H,10-11,13H2,1-2H3,(H,30,31)(H,32,33)/t20-,21-/m0/s1. The Kier molecular flexibility index (Phi) is 6.49. The SMILES string of the molecule is Cc1cc(OCC(=O)O)cc(C)c1-c1ccc(F)c(CNc2ccc([C@H]3C[C@@H]3C(=O)O)nc2)c1. The van der Waals surface area contributed by atoms with Crippen LogP contribution >= 0.6 is 0 Å². The highest BCUT2D eigenvalue weighted by Gasteiger charge is 2.45. The van der Waals surface area contributed by atoms with Gasteiger partial charge in [0, 0.05) is 23.7 Å².